The van der Waals surface area contributed by atoms with Crippen molar-refractivity contribution in [3.8, 4) is 5.75 Å². The van der Waals surface area contributed by atoms with Gasteiger partial charge in [-0.1, -0.05) is 6.08 Å². The van der Waals surface area contributed by atoms with Crippen LogP contribution >= 0.6 is 11.3 Å². The van der Waals surface area contributed by atoms with Crippen molar-refractivity contribution in [2.45, 2.75) is 20.3 Å². The number of guanidine groups is 1. The van der Waals surface area contributed by atoms with Gasteiger partial charge in [0.2, 0.25) is 5.96 Å². The zero-order valence-corrected chi connectivity index (χ0v) is 16.5. The van der Waals surface area contributed by atoms with Crippen molar-refractivity contribution in [1.29, 1.82) is 0 Å². The van der Waals surface area contributed by atoms with E-state index in [1.54, 1.807) is 24.6 Å². The lowest BCUT2D eigenvalue weighted by atomic mass is 10.2. The lowest BCUT2D eigenvalue weighted by Gasteiger charge is -2.18. The van der Waals surface area contributed by atoms with E-state index >= 15 is 0 Å². The van der Waals surface area contributed by atoms with Gasteiger partial charge in [-0.25, -0.2) is 15.0 Å². The Labute approximate surface area is 158 Å². The number of aliphatic imine (C=N–C) groups is 2. The van der Waals surface area contributed by atoms with E-state index < -0.39 is 0 Å². The van der Waals surface area contributed by atoms with Gasteiger partial charge in [0.1, 0.15) is 5.75 Å². The molecule has 2 heterocycles. The highest BCUT2D eigenvalue weighted by molar-refractivity contribution is 7.13. The Morgan fingerprint density at radius 2 is 2.04 bits per heavy atom. The van der Waals surface area contributed by atoms with Gasteiger partial charge >= 0.3 is 0 Å². The number of benzene rings is 1. The molecule has 0 aliphatic carbocycles. The van der Waals surface area contributed by atoms with E-state index in [0.717, 1.165) is 44.8 Å². The van der Waals surface area contributed by atoms with Gasteiger partial charge < -0.3 is 15.0 Å². The molecule has 6 nitrogen and oxygen atoms in total. The molecular formula is C19H23N5OS. The molecule has 0 amide bonds. The molecule has 0 atom stereocenters. The summed E-state index contributed by atoms with van der Waals surface area (Å²) in [5.74, 6) is 1.39. The van der Waals surface area contributed by atoms with Gasteiger partial charge in [-0.05, 0) is 32.0 Å². The zero-order chi connectivity index (χ0) is 18.7. The number of nitrogens with zero attached hydrogens (tertiary/aromatic N) is 4. The minimum atomic E-state index is 0.564. The van der Waals surface area contributed by atoms with E-state index in [9.17, 15) is 0 Å². The van der Waals surface area contributed by atoms with Crippen molar-refractivity contribution in [1.82, 2.24) is 4.98 Å². The molecule has 0 unspecified atom stereocenters. The molecule has 1 aromatic carbocycles. The third-order valence-corrected chi connectivity index (χ3v) is 5.06. The Hall–Kier alpha value is -2.67. The van der Waals surface area contributed by atoms with Crippen LogP contribution in [0.5, 0.6) is 5.75 Å². The second kappa shape index (κ2) is 7.70. The summed E-state index contributed by atoms with van der Waals surface area (Å²) in [6, 6.07) is 5.92. The van der Waals surface area contributed by atoms with Gasteiger partial charge in [-0.2, -0.15) is 0 Å². The van der Waals surface area contributed by atoms with Crippen LogP contribution in [0.25, 0.3) is 0 Å². The first-order valence-corrected chi connectivity index (χ1v) is 9.16. The number of hydrogen-bond donors (Lipinski definition) is 1. The van der Waals surface area contributed by atoms with Crippen molar-refractivity contribution < 1.29 is 4.74 Å². The summed E-state index contributed by atoms with van der Waals surface area (Å²) in [5.41, 5.74) is 3.89. The van der Waals surface area contributed by atoms with Crippen LogP contribution in [0.15, 0.2) is 40.5 Å². The summed E-state index contributed by atoms with van der Waals surface area (Å²) in [7, 11) is 5.64. The maximum Gasteiger partial charge on any atom is 0.227 e. The standard InChI is InChI=1S/C19H23N5OS/c1-12-18(26-13(2)21-12)15-7-6-10-20-19(23-15)22-14-8-9-17(25-5)16(11-14)24(3)4/h6,8-11H,7H2,1-5H3,(H,20,22). The second-order valence-electron chi connectivity index (χ2n) is 6.15. The summed E-state index contributed by atoms with van der Waals surface area (Å²) in [4.78, 5) is 16.8. The van der Waals surface area contributed by atoms with Gasteiger partial charge in [0.15, 0.2) is 0 Å². The van der Waals surface area contributed by atoms with Crippen LogP contribution in [0.1, 0.15) is 22.0 Å². The number of hydrogen-bond acceptors (Lipinski definition) is 7. The fraction of sp³-hybridized carbons (Fsp3) is 0.316. The van der Waals surface area contributed by atoms with Crippen molar-refractivity contribution in [3.63, 3.8) is 0 Å². The highest BCUT2D eigenvalue weighted by atomic mass is 32.1. The molecule has 1 aliphatic rings. The molecule has 1 N–H and O–H groups in total. The number of thiazole rings is 1. The number of rotatable bonds is 4. The van der Waals surface area contributed by atoms with Crippen molar-refractivity contribution in [2.24, 2.45) is 9.98 Å². The maximum atomic E-state index is 5.42. The summed E-state index contributed by atoms with van der Waals surface area (Å²) in [5, 5.41) is 4.35. The molecule has 7 heteroatoms. The number of anilines is 2. The van der Waals surface area contributed by atoms with Crippen LogP contribution in [0.4, 0.5) is 11.4 Å². The number of nitrogens with one attached hydrogen (secondary N) is 1. The average molecular weight is 369 g/mol. The van der Waals surface area contributed by atoms with Gasteiger partial charge in [-0.15, -0.1) is 11.3 Å². The molecule has 0 saturated heterocycles. The molecule has 0 radical (unpaired) electrons. The number of ether oxygens (including phenoxy) is 1. The second-order valence-corrected chi connectivity index (χ2v) is 7.36. The molecule has 2 aromatic rings. The van der Waals surface area contributed by atoms with Crippen LogP contribution in [-0.2, 0) is 0 Å². The first kappa shape index (κ1) is 18.1. The fourth-order valence-electron chi connectivity index (χ4n) is 2.74. The van der Waals surface area contributed by atoms with E-state index in [-0.39, 0.29) is 0 Å². The fourth-order valence-corrected chi connectivity index (χ4v) is 3.66. The van der Waals surface area contributed by atoms with Gasteiger partial charge in [0, 0.05) is 32.4 Å². The van der Waals surface area contributed by atoms with Crippen molar-refractivity contribution in [3.05, 3.63) is 46.1 Å². The van der Waals surface area contributed by atoms with Gasteiger partial charge in [0.05, 0.1) is 34.1 Å². The molecule has 26 heavy (non-hydrogen) atoms. The van der Waals surface area contributed by atoms with Gasteiger partial charge in [-0.3, -0.25) is 0 Å². The SMILES string of the molecule is COc1ccc(NC2=NC=CCC(c3sc(C)nc3C)=N2)cc1N(C)C. The Balaban J connectivity index is 1.90. The molecular weight excluding hydrogens is 346 g/mol. The van der Waals surface area contributed by atoms with E-state index in [2.05, 4.69) is 15.3 Å². The van der Waals surface area contributed by atoms with Crippen LogP contribution in [0, 0.1) is 13.8 Å². The molecule has 136 valence electrons. The molecule has 0 bridgehead atoms. The zero-order valence-electron chi connectivity index (χ0n) is 15.7. The minimum Gasteiger partial charge on any atom is -0.495 e. The summed E-state index contributed by atoms with van der Waals surface area (Å²) < 4.78 is 5.42. The average Bonchev–Trinajstić information content (AvgIpc) is 2.81. The third kappa shape index (κ3) is 3.94. The van der Waals surface area contributed by atoms with Crippen molar-refractivity contribution >= 4 is 34.4 Å². The Morgan fingerprint density at radius 3 is 2.69 bits per heavy atom. The smallest absolute Gasteiger partial charge is 0.227 e. The Kier molecular flexibility index (Phi) is 5.37. The molecule has 0 saturated carbocycles. The molecule has 1 aromatic heterocycles. The summed E-state index contributed by atoms with van der Waals surface area (Å²) in [6.07, 6.45) is 4.54. The first-order chi connectivity index (χ1) is 12.5. The maximum absolute atomic E-state index is 5.42. The quantitative estimate of drug-likeness (QED) is 0.884. The first-order valence-electron chi connectivity index (χ1n) is 8.35. The summed E-state index contributed by atoms with van der Waals surface area (Å²) >= 11 is 1.67. The van der Waals surface area contributed by atoms with Crippen molar-refractivity contribution in [2.75, 3.05) is 31.4 Å². The highest BCUT2D eigenvalue weighted by Gasteiger charge is 2.14. The molecule has 1 aliphatic heterocycles. The van der Waals surface area contributed by atoms with E-state index in [0.29, 0.717) is 5.96 Å². The van der Waals surface area contributed by atoms with Crippen LogP contribution < -0.4 is 15.0 Å². The summed E-state index contributed by atoms with van der Waals surface area (Å²) in [6.45, 7) is 4.04. The highest BCUT2D eigenvalue weighted by Crippen LogP contribution is 2.30. The van der Waals surface area contributed by atoms with E-state index in [1.807, 2.05) is 57.1 Å². The van der Waals surface area contributed by atoms with Crippen LogP contribution in [0.2, 0.25) is 0 Å². The lowest BCUT2D eigenvalue weighted by molar-refractivity contribution is 0.415. The predicted molar refractivity (Wildman–Crippen MR) is 110 cm³/mol. The topological polar surface area (TPSA) is 62.1 Å². The molecule has 0 fully saturated rings. The number of aryl methyl sites for hydroxylation is 2. The molecule has 3 rings (SSSR count). The van der Waals surface area contributed by atoms with Crippen LogP contribution in [0.3, 0.4) is 0 Å². The molecule has 0 spiro atoms. The Bertz CT molecular complexity index is 895. The number of allylic oxidation sites excluding steroid dienone is 1. The normalized spacial score (nSPS) is 13.7. The Morgan fingerprint density at radius 1 is 1.23 bits per heavy atom. The minimum absolute atomic E-state index is 0.564. The van der Waals surface area contributed by atoms with E-state index in [1.165, 1.54) is 0 Å². The predicted octanol–water partition coefficient (Wildman–Crippen LogP) is 4.01. The number of aromatic nitrogens is 1. The lowest BCUT2D eigenvalue weighted by Crippen LogP contribution is -2.14. The largest absolute Gasteiger partial charge is 0.495 e. The van der Waals surface area contributed by atoms with Crippen LogP contribution in [-0.4, -0.2) is 37.9 Å². The van der Waals surface area contributed by atoms with Gasteiger partial charge in [0.25, 0.3) is 0 Å². The number of methoxy groups -OCH3 is 1. The third-order valence-electron chi connectivity index (χ3n) is 3.94. The monoisotopic (exact) mass is 369 g/mol. The van der Waals surface area contributed by atoms with E-state index in [4.69, 9.17) is 9.73 Å².